The number of carboxylic acid groups (broad SMARTS) is 1. The average Bonchev–Trinajstić information content (AvgIpc) is 2.66. The zero-order valence-corrected chi connectivity index (χ0v) is 14.4. The Morgan fingerprint density at radius 2 is 1.54 bits per heavy atom. The molecule has 0 bridgehead atoms. The fraction of sp³-hybridized carbons (Fsp3) is 0.333. The maximum absolute atomic E-state index is 13.7. The minimum atomic E-state index is -0.786. The molecule has 2 aromatic rings. The van der Waals surface area contributed by atoms with Gasteiger partial charge < -0.3 is 10.4 Å². The molecule has 0 aromatic heterocycles. The Kier molecular flexibility index (Phi) is 5.66. The third kappa shape index (κ3) is 4.28. The fourth-order valence-electron chi connectivity index (χ4n) is 3.55. The summed E-state index contributed by atoms with van der Waals surface area (Å²) in [4.78, 5) is 23.8. The molecule has 0 heterocycles. The minimum Gasteiger partial charge on any atom is -0.481 e. The number of hydrogen-bond acceptors (Lipinski definition) is 2. The molecule has 26 heavy (non-hydrogen) atoms. The van der Waals surface area contributed by atoms with E-state index in [4.69, 9.17) is 5.11 Å². The van der Waals surface area contributed by atoms with E-state index in [2.05, 4.69) is 5.32 Å². The van der Waals surface area contributed by atoms with Crippen LogP contribution in [-0.2, 0) is 9.59 Å². The Balaban J connectivity index is 1.76. The predicted octanol–water partition coefficient (Wildman–Crippen LogP) is 3.92. The molecule has 1 aliphatic carbocycles. The third-order valence-electron chi connectivity index (χ3n) is 5.05. The van der Waals surface area contributed by atoms with Gasteiger partial charge in [-0.15, -0.1) is 0 Å². The number of benzene rings is 2. The molecule has 3 rings (SSSR count). The van der Waals surface area contributed by atoms with Gasteiger partial charge in [0.1, 0.15) is 5.82 Å². The number of halogens is 1. The second kappa shape index (κ2) is 8.13. The normalized spacial score (nSPS) is 21.0. The summed E-state index contributed by atoms with van der Waals surface area (Å²) in [5.74, 6) is -1.80. The van der Waals surface area contributed by atoms with Crippen molar-refractivity contribution in [1.29, 1.82) is 0 Å². The lowest BCUT2D eigenvalue weighted by molar-refractivity contribution is -0.144. The molecule has 5 heteroatoms. The molecule has 136 valence electrons. The SMILES string of the molecule is O=C(O)C1CCC(C(=O)NC(c2ccccc2)c2cccc(F)c2)CC1. The molecular formula is C21H22FNO3. The van der Waals surface area contributed by atoms with E-state index < -0.39 is 12.0 Å². The fourth-order valence-corrected chi connectivity index (χ4v) is 3.55. The van der Waals surface area contributed by atoms with Crippen LogP contribution in [0, 0.1) is 17.7 Å². The monoisotopic (exact) mass is 355 g/mol. The van der Waals surface area contributed by atoms with Crippen molar-refractivity contribution < 1.29 is 19.1 Å². The van der Waals surface area contributed by atoms with E-state index in [9.17, 15) is 14.0 Å². The Labute approximate surface area is 152 Å². The zero-order chi connectivity index (χ0) is 18.5. The van der Waals surface area contributed by atoms with Gasteiger partial charge in [0.25, 0.3) is 0 Å². The maximum atomic E-state index is 13.7. The van der Waals surface area contributed by atoms with Crippen LogP contribution in [0.25, 0.3) is 0 Å². The van der Waals surface area contributed by atoms with Crippen LogP contribution in [0.4, 0.5) is 4.39 Å². The number of aliphatic carboxylic acids is 1. The summed E-state index contributed by atoms with van der Waals surface area (Å²) < 4.78 is 13.7. The van der Waals surface area contributed by atoms with E-state index in [1.165, 1.54) is 12.1 Å². The Morgan fingerprint density at radius 3 is 2.15 bits per heavy atom. The highest BCUT2D eigenvalue weighted by atomic mass is 19.1. The number of nitrogens with one attached hydrogen (secondary N) is 1. The van der Waals surface area contributed by atoms with Crippen LogP contribution < -0.4 is 5.32 Å². The first-order valence-corrected chi connectivity index (χ1v) is 8.88. The second-order valence-corrected chi connectivity index (χ2v) is 6.79. The van der Waals surface area contributed by atoms with Crippen molar-refractivity contribution in [2.75, 3.05) is 0 Å². The van der Waals surface area contributed by atoms with Gasteiger partial charge in [-0.25, -0.2) is 4.39 Å². The molecule has 0 radical (unpaired) electrons. The molecule has 0 saturated heterocycles. The van der Waals surface area contributed by atoms with Crippen LogP contribution in [0.15, 0.2) is 54.6 Å². The number of carbonyl (C=O) groups excluding carboxylic acids is 1. The smallest absolute Gasteiger partial charge is 0.306 e. The van der Waals surface area contributed by atoms with Crippen molar-refractivity contribution in [3.63, 3.8) is 0 Å². The lowest BCUT2D eigenvalue weighted by atomic mass is 9.81. The average molecular weight is 355 g/mol. The summed E-state index contributed by atoms with van der Waals surface area (Å²) in [5, 5.41) is 12.1. The second-order valence-electron chi connectivity index (χ2n) is 6.79. The van der Waals surface area contributed by atoms with Crippen molar-refractivity contribution in [1.82, 2.24) is 5.32 Å². The van der Waals surface area contributed by atoms with Crippen LogP contribution in [-0.4, -0.2) is 17.0 Å². The molecule has 2 N–H and O–H groups in total. The highest BCUT2D eigenvalue weighted by Crippen LogP contribution is 2.30. The third-order valence-corrected chi connectivity index (χ3v) is 5.05. The van der Waals surface area contributed by atoms with Gasteiger partial charge >= 0.3 is 5.97 Å². The topological polar surface area (TPSA) is 66.4 Å². The Morgan fingerprint density at radius 1 is 0.923 bits per heavy atom. The molecule has 1 atom stereocenters. The first-order chi connectivity index (χ1) is 12.5. The van der Waals surface area contributed by atoms with E-state index in [0.717, 1.165) is 5.56 Å². The molecule has 0 aliphatic heterocycles. The van der Waals surface area contributed by atoms with Crippen LogP contribution in [0.5, 0.6) is 0 Å². The van der Waals surface area contributed by atoms with Crippen molar-refractivity contribution in [2.24, 2.45) is 11.8 Å². The quantitative estimate of drug-likeness (QED) is 0.854. The number of rotatable bonds is 5. The first kappa shape index (κ1) is 18.1. The van der Waals surface area contributed by atoms with Gasteiger partial charge in [0.05, 0.1) is 12.0 Å². The first-order valence-electron chi connectivity index (χ1n) is 8.88. The molecule has 2 aromatic carbocycles. The van der Waals surface area contributed by atoms with E-state index in [-0.39, 0.29) is 23.6 Å². The van der Waals surface area contributed by atoms with E-state index >= 15 is 0 Å². The summed E-state index contributed by atoms with van der Waals surface area (Å²) in [6, 6.07) is 15.2. The van der Waals surface area contributed by atoms with Gasteiger partial charge in [0.15, 0.2) is 0 Å². The van der Waals surface area contributed by atoms with Crippen LogP contribution in [0.3, 0.4) is 0 Å². The van der Waals surface area contributed by atoms with Crippen molar-refractivity contribution in [2.45, 2.75) is 31.7 Å². The van der Waals surface area contributed by atoms with Gasteiger partial charge in [0.2, 0.25) is 5.91 Å². The Hall–Kier alpha value is -2.69. The van der Waals surface area contributed by atoms with Gasteiger partial charge in [-0.1, -0.05) is 42.5 Å². The minimum absolute atomic E-state index is 0.105. The molecule has 1 unspecified atom stereocenters. The molecule has 1 amide bonds. The lowest BCUT2D eigenvalue weighted by Crippen LogP contribution is -2.37. The maximum Gasteiger partial charge on any atom is 0.306 e. The number of hydrogen-bond donors (Lipinski definition) is 2. The van der Waals surface area contributed by atoms with E-state index in [0.29, 0.717) is 31.2 Å². The number of amides is 1. The van der Waals surface area contributed by atoms with E-state index in [1.54, 1.807) is 12.1 Å². The number of carboxylic acids is 1. The standard InChI is InChI=1S/C21H22FNO3/c22-18-8-4-7-17(13-18)19(14-5-2-1-3-6-14)23-20(24)15-9-11-16(12-10-15)21(25)26/h1-8,13,15-16,19H,9-12H2,(H,23,24)(H,25,26). The van der Waals surface area contributed by atoms with Crippen molar-refractivity contribution >= 4 is 11.9 Å². The summed E-state index contributed by atoms with van der Waals surface area (Å²) in [6.45, 7) is 0. The van der Waals surface area contributed by atoms with Crippen LogP contribution in [0.1, 0.15) is 42.9 Å². The zero-order valence-electron chi connectivity index (χ0n) is 14.4. The van der Waals surface area contributed by atoms with Gasteiger partial charge in [-0.2, -0.15) is 0 Å². The van der Waals surface area contributed by atoms with Gasteiger partial charge in [-0.3, -0.25) is 9.59 Å². The van der Waals surface area contributed by atoms with Gasteiger partial charge in [-0.05, 0) is 48.9 Å². The lowest BCUT2D eigenvalue weighted by Gasteiger charge is -2.28. The molecule has 1 saturated carbocycles. The Bertz CT molecular complexity index is 770. The molecule has 0 spiro atoms. The van der Waals surface area contributed by atoms with Crippen LogP contribution in [0.2, 0.25) is 0 Å². The predicted molar refractivity (Wildman–Crippen MR) is 95.9 cm³/mol. The summed E-state index contributed by atoms with van der Waals surface area (Å²) in [7, 11) is 0. The molecular weight excluding hydrogens is 333 g/mol. The summed E-state index contributed by atoms with van der Waals surface area (Å²) in [6.07, 6.45) is 2.16. The van der Waals surface area contributed by atoms with Crippen molar-refractivity contribution in [3.05, 3.63) is 71.5 Å². The molecule has 1 aliphatic rings. The molecule has 4 nitrogen and oxygen atoms in total. The van der Waals surface area contributed by atoms with Gasteiger partial charge in [0, 0.05) is 5.92 Å². The highest BCUT2D eigenvalue weighted by Gasteiger charge is 2.31. The van der Waals surface area contributed by atoms with Crippen molar-refractivity contribution in [3.8, 4) is 0 Å². The molecule has 1 fully saturated rings. The van der Waals surface area contributed by atoms with E-state index in [1.807, 2.05) is 30.3 Å². The number of carbonyl (C=O) groups is 2. The summed E-state index contributed by atoms with van der Waals surface area (Å²) in [5.41, 5.74) is 1.56. The van der Waals surface area contributed by atoms with Crippen LogP contribution >= 0.6 is 0 Å². The highest BCUT2D eigenvalue weighted by molar-refractivity contribution is 5.80. The summed E-state index contributed by atoms with van der Waals surface area (Å²) >= 11 is 0. The largest absolute Gasteiger partial charge is 0.481 e.